The molecule has 0 atom stereocenters. The van der Waals surface area contributed by atoms with Crippen molar-refractivity contribution in [2.75, 3.05) is 26.0 Å². The van der Waals surface area contributed by atoms with Crippen molar-refractivity contribution < 1.29 is 18.8 Å². The maximum Gasteiger partial charge on any atom is 0.256 e. The molecule has 1 saturated carbocycles. The van der Waals surface area contributed by atoms with Crippen molar-refractivity contribution in [3.63, 3.8) is 0 Å². The summed E-state index contributed by atoms with van der Waals surface area (Å²) in [6, 6.07) is 7.90. The molecule has 1 aliphatic rings. The highest BCUT2D eigenvalue weighted by molar-refractivity contribution is 6.10. The van der Waals surface area contributed by atoms with Crippen molar-refractivity contribution in [2.45, 2.75) is 52.0 Å². The number of aromatic nitrogens is 2. The molecule has 0 aliphatic heterocycles. The van der Waals surface area contributed by atoms with E-state index in [4.69, 9.17) is 9.26 Å². The molecule has 2 heterocycles. The fourth-order valence-electron chi connectivity index (χ4n) is 4.71. The Morgan fingerprint density at radius 3 is 2.62 bits per heavy atom. The third-order valence-corrected chi connectivity index (χ3v) is 6.23. The van der Waals surface area contributed by atoms with Gasteiger partial charge in [-0.1, -0.05) is 24.4 Å². The summed E-state index contributed by atoms with van der Waals surface area (Å²) in [4.78, 5) is 27.4. The summed E-state index contributed by atoms with van der Waals surface area (Å²) in [5, 5.41) is 7.29. The number of methoxy groups -OCH3 is 1. The molecular formula is C24H30N4O4. The van der Waals surface area contributed by atoms with Crippen LogP contribution in [0.1, 0.15) is 60.0 Å². The molecule has 3 aromatic rings. The minimum absolute atomic E-state index is 0.0930. The van der Waals surface area contributed by atoms with E-state index in [1.165, 1.54) is 24.2 Å². The lowest BCUT2D eigenvalue weighted by Crippen LogP contribution is -2.35. The average molecular weight is 439 g/mol. The zero-order valence-corrected chi connectivity index (χ0v) is 19.1. The summed E-state index contributed by atoms with van der Waals surface area (Å²) in [5.41, 5.74) is 2.59. The third-order valence-electron chi connectivity index (χ3n) is 6.23. The van der Waals surface area contributed by atoms with Crippen LogP contribution in [0.25, 0.3) is 10.9 Å². The third kappa shape index (κ3) is 4.22. The molecule has 1 aromatic carbocycles. The van der Waals surface area contributed by atoms with Crippen LogP contribution in [0.5, 0.6) is 5.75 Å². The fourth-order valence-corrected chi connectivity index (χ4v) is 4.71. The van der Waals surface area contributed by atoms with Gasteiger partial charge in [-0.05, 0) is 44.9 Å². The molecule has 2 amide bonds. The quantitative estimate of drug-likeness (QED) is 0.613. The molecule has 4 rings (SSSR count). The van der Waals surface area contributed by atoms with Crippen molar-refractivity contribution in [3.05, 3.63) is 41.3 Å². The number of likely N-dealkylation sites (N-methyl/N-ethyl adjacent to an activating group) is 1. The maximum absolute atomic E-state index is 13.5. The number of fused-ring (bicyclic) bond motifs is 1. The molecule has 1 fully saturated rings. The Morgan fingerprint density at radius 1 is 1.22 bits per heavy atom. The van der Waals surface area contributed by atoms with E-state index in [9.17, 15) is 9.59 Å². The topological polar surface area (TPSA) is 89.6 Å². The lowest BCUT2D eigenvalue weighted by molar-refractivity contribution is -0.116. The number of anilines is 1. The normalized spacial score (nSPS) is 14.5. The number of benzene rings is 1. The number of hydrogen-bond donors (Lipinski definition) is 1. The van der Waals surface area contributed by atoms with Crippen molar-refractivity contribution in [2.24, 2.45) is 0 Å². The minimum atomic E-state index is -0.333. The summed E-state index contributed by atoms with van der Waals surface area (Å²) < 4.78 is 12.7. The van der Waals surface area contributed by atoms with Gasteiger partial charge in [0.05, 0.1) is 19.2 Å². The summed E-state index contributed by atoms with van der Waals surface area (Å²) >= 11 is 0. The van der Waals surface area contributed by atoms with Gasteiger partial charge in [0.1, 0.15) is 11.5 Å². The molecule has 1 aliphatic carbocycles. The van der Waals surface area contributed by atoms with E-state index in [0.29, 0.717) is 28.9 Å². The van der Waals surface area contributed by atoms with Crippen molar-refractivity contribution in [1.82, 2.24) is 14.6 Å². The van der Waals surface area contributed by atoms with Gasteiger partial charge in [0.25, 0.3) is 5.91 Å². The highest BCUT2D eigenvalue weighted by atomic mass is 16.5. The van der Waals surface area contributed by atoms with E-state index in [1.807, 2.05) is 25.1 Å². The molecule has 0 radical (unpaired) electrons. The fraction of sp³-hybridized carbons (Fsp3) is 0.458. The van der Waals surface area contributed by atoms with Crippen molar-refractivity contribution >= 4 is 28.5 Å². The van der Waals surface area contributed by atoms with Crippen LogP contribution in [-0.4, -0.2) is 47.1 Å². The van der Waals surface area contributed by atoms with E-state index in [0.717, 1.165) is 29.4 Å². The molecular weight excluding hydrogens is 408 g/mol. The smallest absolute Gasteiger partial charge is 0.256 e. The number of hydrogen-bond acceptors (Lipinski definition) is 5. The number of ether oxygens (including phenoxy) is 1. The first-order valence-electron chi connectivity index (χ1n) is 11.1. The van der Waals surface area contributed by atoms with Gasteiger partial charge >= 0.3 is 0 Å². The Bertz CT molecular complexity index is 1140. The van der Waals surface area contributed by atoms with Crippen LogP contribution >= 0.6 is 0 Å². The van der Waals surface area contributed by atoms with Crippen LogP contribution < -0.4 is 10.1 Å². The number of carbonyl (C=O) groups is 2. The Labute approximate surface area is 187 Å². The molecule has 1 N–H and O–H groups in total. The van der Waals surface area contributed by atoms with Crippen LogP contribution in [-0.2, 0) is 4.79 Å². The Balaban J connectivity index is 1.64. The number of nitrogens with zero attached hydrogens (tertiary/aromatic N) is 3. The highest BCUT2D eigenvalue weighted by Gasteiger charge is 2.27. The Kier molecular flexibility index (Phi) is 6.21. The largest absolute Gasteiger partial charge is 0.497 e. The van der Waals surface area contributed by atoms with Gasteiger partial charge in [-0.25, -0.2) is 0 Å². The SMILES string of the molecule is COc1ccc2c(c1)c(C(=O)N(C)CC(=O)Nc1cc(C)on1)c(C)n2C1CCCCC1. The minimum Gasteiger partial charge on any atom is -0.497 e. The Morgan fingerprint density at radius 2 is 1.97 bits per heavy atom. The summed E-state index contributed by atoms with van der Waals surface area (Å²) in [6.45, 7) is 3.65. The number of amides is 2. The van der Waals surface area contributed by atoms with Crippen LogP contribution in [0.2, 0.25) is 0 Å². The molecule has 0 spiro atoms. The predicted octanol–water partition coefficient (Wildman–Crippen LogP) is 4.47. The molecule has 0 unspecified atom stereocenters. The standard InChI is InChI=1S/C24H30N4O4/c1-15-12-21(26-32-15)25-22(29)14-27(3)24(30)23-16(2)28(17-8-6-5-7-9-17)20-11-10-18(31-4)13-19(20)23/h10-13,17H,5-9,14H2,1-4H3,(H,25,26,29). The number of aryl methyl sites for hydroxylation is 1. The van der Waals surface area contributed by atoms with Gasteiger partial charge in [0, 0.05) is 35.8 Å². The first-order chi connectivity index (χ1) is 15.4. The summed E-state index contributed by atoms with van der Waals surface area (Å²) in [6.07, 6.45) is 5.88. The molecule has 8 nitrogen and oxygen atoms in total. The monoisotopic (exact) mass is 438 g/mol. The lowest BCUT2D eigenvalue weighted by Gasteiger charge is -2.26. The van der Waals surface area contributed by atoms with Gasteiger partial charge in [-0.2, -0.15) is 0 Å². The van der Waals surface area contributed by atoms with E-state index >= 15 is 0 Å². The Hall–Kier alpha value is -3.29. The molecule has 2 aromatic heterocycles. The predicted molar refractivity (Wildman–Crippen MR) is 122 cm³/mol. The van der Waals surface area contributed by atoms with E-state index in [2.05, 4.69) is 15.0 Å². The molecule has 32 heavy (non-hydrogen) atoms. The van der Waals surface area contributed by atoms with Crippen LogP contribution in [0.3, 0.4) is 0 Å². The zero-order chi connectivity index (χ0) is 22.8. The molecule has 170 valence electrons. The van der Waals surface area contributed by atoms with Crippen molar-refractivity contribution in [1.29, 1.82) is 0 Å². The van der Waals surface area contributed by atoms with Crippen LogP contribution in [0.4, 0.5) is 5.82 Å². The van der Waals surface area contributed by atoms with Gasteiger partial charge in [-0.3, -0.25) is 9.59 Å². The van der Waals surface area contributed by atoms with Gasteiger partial charge in [0.15, 0.2) is 5.82 Å². The van der Waals surface area contributed by atoms with E-state index in [-0.39, 0.29) is 18.4 Å². The first-order valence-corrected chi connectivity index (χ1v) is 11.1. The summed E-state index contributed by atoms with van der Waals surface area (Å²) in [5.74, 6) is 1.12. The lowest BCUT2D eigenvalue weighted by atomic mass is 9.95. The van der Waals surface area contributed by atoms with Gasteiger partial charge in [0.2, 0.25) is 5.91 Å². The van der Waals surface area contributed by atoms with E-state index < -0.39 is 0 Å². The zero-order valence-electron chi connectivity index (χ0n) is 19.1. The highest BCUT2D eigenvalue weighted by Crippen LogP contribution is 2.37. The van der Waals surface area contributed by atoms with Gasteiger partial charge < -0.3 is 24.0 Å². The second-order valence-corrected chi connectivity index (χ2v) is 8.54. The molecule has 0 saturated heterocycles. The number of nitrogens with one attached hydrogen (secondary N) is 1. The number of carbonyl (C=O) groups excluding carboxylic acids is 2. The second-order valence-electron chi connectivity index (χ2n) is 8.54. The van der Waals surface area contributed by atoms with E-state index in [1.54, 1.807) is 27.1 Å². The van der Waals surface area contributed by atoms with Gasteiger partial charge in [-0.15, -0.1) is 0 Å². The number of rotatable bonds is 6. The first kappa shape index (κ1) is 21.9. The average Bonchev–Trinajstić information content (AvgIpc) is 3.32. The van der Waals surface area contributed by atoms with Crippen molar-refractivity contribution in [3.8, 4) is 5.75 Å². The molecule has 8 heteroatoms. The molecule has 0 bridgehead atoms. The maximum atomic E-state index is 13.5. The van der Waals surface area contributed by atoms with Crippen LogP contribution in [0.15, 0.2) is 28.8 Å². The second kappa shape index (κ2) is 9.06. The van der Waals surface area contributed by atoms with Crippen LogP contribution in [0, 0.1) is 13.8 Å². The summed E-state index contributed by atoms with van der Waals surface area (Å²) in [7, 11) is 3.26.